The van der Waals surface area contributed by atoms with Gasteiger partial charge in [0.2, 0.25) is 11.8 Å². The molecule has 0 saturated carbocycles. The maximum absolute atomic E-state index is 12.6. The first-order valence-electron chi connectivity index (χ1n) is 11.5. The van der Waals surface area contributed by atoms with Crippen molar-refractivity contribution in [1.82, 2.24) is 9.88 Å². The smallest absolute Gasteiger partial charge is 0.331 e. The number of carboxylic acids is 1. The van der Waals surface area contributed by atoms with Gasteiger partial charge >= 0.3 is 5.97 Å². The second-order valence-corrected chi connectivity index (χ2v) is 8.52. The van der Waals surface area contributed by atoms with E-state index in [4.69, 9.17) is 9.15 Å². The molecule has 1 amide bonds. The van der Waals surface area contributed by atoms with Crippen molar-refractivity contribution in [2.45, 2.75) is 46.6 Å². The van der Waals surface area contributed by atoms with E-state index in [9.17, 15) is 14.7 Å². The predicted octanol–water partition coefficient (Wildman–Crippen LogP) is 4.92. The predicted molar refractivity (Wildman–Crippen MR) is 131 cm³/mol. The van der Waals surface area contributed by atoms with Gasteiger partial charge in [-0.2, -0.15) is 0 Å². The van der Waals surface area contributed by atoms with Crippen molar-refractivity contribution in [1.29, 1.82) is 0 Å². The largest absolute Gasteiger partial charge is 0.493 e. The van der Waals surface area contributed by atoms with E-state index in [2.05, 4.69) is 18.8 Å². The van der Waals surface area contributed by atoms with E-state index in [0.717, 1.165) is 17.0 Å². The first-order valence-corrected chi connectivity index (χ1v) is 11.5. The molecule has 0 spiro atoms. The second kappa shape index (κ2) is 11.5. The fraction of sp³-hybridized carbons (Fsp3) is 0.370. The van der Waals surface area contributed by atoms with Crippen LogP contribution in [0.15, 0.2) is 53.0 Å². The summed E-state index contributed by atoms with van der Waals surface area (Å²) in [6, 6.07) is 4.40. The van der Waals surface area contributed by atoms with Crippen molar-refractivity contribution in [3.8, 4) is 5.75 Å². The summed E-state index contributed by atoms with van der Waals surface area (Å²) in [5, 5.41) is 9.91. The van der Waals surface area contributed by atoms with E-state index in [-0.39, 0.29) is 5.91 Å². The number of nitrogens with zero attached hydrogens (tertiary/aromatic N) is 2. The molecule has 180 valence electrons. The third kappa shape index (κ3) is 6.25. The number of oxazole rings is 1. The zero-order valence-electron chi connectivity index (χ0n) is 20.2. The minimum Gasteiger partial charge on any atom is -0.493 e. The number of aliphatic carboxylic acids is 1. The number of hydrogen-bond acceptors (Lipinski definition) is 5. The van der Waals surface area contributed by atoms with E-state index < -0.39 is 12.0 Å². The van der Waals surface area contributed by atoms with Crippen molar-refractivity contribution in [3.05, 3.63) is 77.1 Å². The Bertz CT molecular complexity index is 1110. The normalized spacial score (nSPS) is 16.1. The average molecular weight is 465 g/mol. The average Bonchev–Trinajstić information content (AvgIpc) is 3.16. The van der Waals surface area contributed by atoms with Gasteiger partial charge in [-0.25, -0.2) is 9.78 Å². The zero-order chi connectivity index (χ0) is 24.7. The van der Waals surface area contributed by atoms with Gasteiger partial charge in [-0.05, 0) is 55.5 Å². The Hall–Kier alpha value is -3.61. The minimum atomic E-state index is -1.06. The Labute approximate surface area is 200 Å². The number of benzene rings is 1. The molecular weight excluding hydrogens is 432 g/mol. The first-order chi connectivity index (χ1) is 16.3. The highest BCUT2D eigenvalue weighted by atomic mass is 16.5. The molecule has 1 atom stereocenters. The Balaban J connectivity index is 1.71. The summed E-state index contributed by atoms with van der Waals surface area (Å²) in [6.45, 7) is 8.62. The fourth-order valence-corrected chi connectivity index (χ4v) is 3.83. The number of aryl methyl sites for hydroxylation is 1. The lowest BCUT2D eigenvalue weighted by atomic mass is 9.92. The number of amides is 1. The third-order valence-corrected chi connectivity index (χ3v) is 5.55. The molecule has 34 heavy (non-hydrogen) atoms. The molecule has 7 nitrogen and oxygen atoms in total. The van der Waals surface area contributed by atoms with Crippen LogP contribution in [0.5, 0.6) is 5.75 Å². The van der Waals surface area contributed by atoms with Crippen LogP contribution in [-0.4, -0.2) is 40.0 Å². The Morgan fingerprint density at radius 1 is 1.32 bits per heavy atom. The number of carbonyl (C=O) groups is 2. The first kappa shape index (κ1) is 25.0. The molecule has 0 aliphatic carbocycles. The van der Waals surface area contributed by atoms with Crippen molar-refractivity contribution in [2.75, 3.05) is 13.2 Å². The van der Waals surface area contributed by atoms with E-state index in [1.807, 2.05) is 38.1 Å². The van der Waals surface area contributed by atoms with E-state index in [1.165, 1.54) is 11.0 Å². The van der Waals surface area contributed by atoms with Gasteiger partial charge in [0.05, 0.1) is 12.3 Å². The van der Waals surface area contributed by atoms with Crippen LogP contribution in [-0.2, 0) is 22.4 Å². The van der Waals surface area contributed by atoms with Crippen LogP contribution in [0.2, 0.25) is 0 Å². The van der Waals surface area contributed by atoms with E-state index in [1.54, 1.807) is 24.3 Å². The van der Waals surface area contributed by atoms with Gasteiger partial charge in [0.25, 0.3) is 0 Å². The Kier molecular flexibility index (Phi) is 8.46. The van der Waals surface area contributed by atoms with Crippen LogP contribution in [0.25, 0.3) is 6.08 Å². The maximum Gasteiger partial charge on any atom is 0.331 e. The molecule has 3 rings (SSSR count). The summed E-state index contributed by atoms with van der Waals surface area (Å²) >= 11 is 0. The molecule has 0 fully saturated rings. The summed E-state index contributed by atoms with van der Waals surface area (Å²) < 4.78 is 11.6. The molecule has 0 radical (unpaired) electrons. The zero-order valence-corrected chi connectivity index (χ0v) is 20.2. The van der Waals surface area contributed by atoms with Crippen LogP contribution < -0.4 is 4.74 Å². The SMILES string of the molecule is CC=CC=CC(=O)N1CCc2ccc(OCCc3nc(C=CC(C)C)oc3C)cc2C1C(=O)O. The summed E-state index contributed by atoms with van der Waals surface area (Å²) in [6.07, 6.45) is 11.6. The monoisotopic (exact) mass is 464 g/mol. The minimum absolute atomic E-state index is 0.328. The van der Waals surface area contributed by atoms with Crippen molar-refractivity contribution >= 4 is 18.0 Å². The number of carboxylic acid groups (broad SMARTS) is 1. The number of allylic oxidation sites excluding steroid dienone is 4. The summed E-state index contributed by atoms with van der Waals surface area (Å²) in [5.41, 5.74) is 2.33. The highest BCUT2D eigenvalue weighted by molar-refractivity contribution is 5.92. The molecule has 0 bridgehead atoms. The number of ether oxygens (including phenoxy) is 1. The van der Waals surface area contributed by atoms with E-state index >= 15 is 0 Å². The fourth-order valence-electron chi connectivity index (χ4n) is 3.83. The molecule has 1 aliphatic rings. The maximum atomic E-state index is 12.6. The van der Waals surface area contributed by atoms with Gasteiger partial charge < -0.3 is 19.2 Å². The van der Waals surface area contributed by atoms with Crippen LogP contribution in [0.4, 0.5) is 0 Å². The number of carbonyl (C=O) groups excluding carboxylic acids is 1. The molecule has 0 saturated heterocycles. The van der Waals surface area contributed by atoms with Crippen LogP contribution in [0, 0.1) is 12.8 Å². The lowest BCUT2D eigenvalue weighted by molar-refractivity contribution is -0.149. The number of rotatable bonds is 9. The topological polar surface area (TPSA) is 92.9 Å². The molecule has 1 N–H and O–H groups in total. The van der Waals surface area contributed by atoms with Gasteiger partial charge in [-0.1, -0.05) is 44.2 Å². The lowest BCUT2D eigenvalue weighted by Crippen LogP contribution is -2.42. The Morgan fingerprint density at radius 2 is 2.12 bits per heavy atom. The quantitative estimate of drug-likeness (QED) is 0.418. The molecule has 2 aromatic rings. The van der Waals surface area contributed by atoms with Gasteiger partial charge in [-0.15, -0.1) is 0 Å². The molecule has 1 unspecified atom stereocenters. The Morgan fingerprint density at radius 3 is 2.82 bits per heavy atom. The van der Waals surface area contributed by atoms with Gasteiger partial charge in [0, 0.05) is 19.0 Å². The number of hydrogen-bond donors (Lipinski definition) is 1. The van der Waals surface area contributed by atoms with Gasteiger partial charge in [0.15, 0.2) is 6.04 Å². The molecule has 7 heteroatoms. The van der Waals surface area contributed by atoms with Crippen molar-refractivity contribution < 1.29 is 23.8 Å². The number of fused-ring (bicyclic) bond motifs is 1. The molecular formula is C27H32N2O5. The molecule has 2 heterocycles. The van der Waals surface area contributed by atoms with E-state index in [0.29, 0.717) is 49.1 Å². The van der Waals surface area contributed by atoms with Crippen LogP contribution >= 0.6 is 0 Å². The van der Waals surface area contributed by atoms with Crippen LogP contribution in [0.3, 0.4) is 0 Å². The summed E-state index contributed by atoms with van der Waals surface area (Å²) in [7, 11) is 0. The lowest BCUT2D eigenvalue weighted by Gasteiger charge is -2.34. The number of aromatic nitrogens is 1. The highest BCUT2D eigenvalue weighted by Gasteiger charge is 2.35. The second-order valence-electron chi connectivity index (χ2n) is 8.52. The standard InChI is InChI=1S/C27H32N2O5/c1-5-6-7-8-25(30)29-15-13-20-10-11-21(17-22(20)26(29)27(31)32)33-16-14-23-19(4)34-24(28-23)12-9-18(2)3/h5-12,17-18,26H,13-16H2,1-4H3,(H,31,32). The summed E-state index contributed by atoms with van der Waals surface area (Å²) in [4.78, 5) is 30.6. The molecule has 1 aromatic heterocycles. The highest BCUT2D eigenvalue weighted by Crippen LogP contribution is 2.33. The van der Waals surface area contributed by atoms with Gasteiger partial charge in [-0.3, -0.25) is 4.79 Å². The third-order valence-electron chi connectivity index (χ3n) is 5.55. The molecule has 1 aliphatic heterocycles. The van der Waals surface area contributed by atoms with Gasteiger partial charge in [0.1, 0.15) is 11.5 Å². The van der Waals surface area contributed by atoms with Crippen LogP contribution in [0.1, 0.15) is 55.3 Å². The van der Waals surface area contributed by atoms with Crippen molar-refractivity contribution in [3.63, 3.8) is 0 Å². The van der Waals surface area contributed by atoms with Crippen molar-refractivity contribution in [2.24, 2.45) is 5.92 Å². The summed E-state index contributed by atoms with van der Waals surface area (Å²) in [5.74, 6) is 0.909. The molecule has 1 aromatic carbocycles.